The zero-order valence-corrected chi connectivity index (χ0v) is 21.6. The number of aromatic nitrogens is 1. The zero-order chi connectivity index (χ0) is 26.5. The number of carbonyl (C=O) groups is 1. The number of fused-ring (bicyclic) bond motifs is 1. The van der Waals surface area contributed by atoms with E-state index in [4.69, 9.17) is 0 Å². The van der Waals surface area contributed by atoms with E-state index in [1.54, 1.807) is 0 Å². The Kier molecular flexibility index (Phi) is 7.72. The third-order valence-corrected chi connectivity index (χ3v) is 6.92. The molecule has 5 rings (SSSR count). The molecule has 3 aromatic rings. The largest absolute Gasteiger partial charge is 0.392 e. The van der Waals surface area contributed by atoms with Gasteiger partial charge in [0.1, 0.15) is 6.04 Å². The van der Waals surface area contributed by atoms with Gasteiger partial charge in [0, 0.05) is 62.7 Å². The van der Waals surface area contributed by atoms with Crippen LogP contribution in [0.5, 0.6) is 0 Å². The summed E-state index contributed by atoms with van der Waals surface area (Å²) in [5.74, 6) is -0.241. The first-order valence-corrected chi connectivity index (χ1v) is 13.0. The SMILES string of the molecule is C=CC(=O)Nc1cccc(C2c3ccncc3C=CN2Nc2ccc(N3CCN(CC(C)O)CC3)cc2)c1. The molecule has 0 spiro atoms. The smallest absolute Gasteiger partial charge is 0.247 e. The van der Waals surface area contributed by atoms with Crippen LogP contribution in [0.15, 0.2) is 85.8 Å². The van der Waals surface area contributed by atoms with E-state index >= 15 is 0 Å². The number of hydrazine groups is 1. The van der Waals surface area contributed by atoms with Gasteiger partial charge in [0.15, 0.2) is 0 Å². The third-order valence-electron chi connectivity index (χ3n) is 6.92. The number of rotatable bonds is 8. The Morgan fingerprint density at radius 2 is 1.92 bits per heavy atom. The van der Waals surface area contributed by atoms with Crippen LogP contribution in [0.2, 0.25) is 0 Å². The number of nitrogens with zero attached hydrogens (tertiary/aromatic N) is 4. The fraction of sp³-hybridized carbons (Fsp3) is 0.267. The second-order valence-corrected chi connectivity index (χ2v) is 9.74. The van der Waals surface area contributed by atoms with Crippen LogP contribution in [-0.4, -0.2) is 64.7 Å². The van der Waals surface area contributed by atoms with Gasteiger partial charge in [-0.1, -0.05) is 18.7 Å². The van der Waals surface area contributed by atoms with E-state index in [1.165, 1.54) is 11.8 Å². The van der Waals surface area contributed by atoms with Crippen molar-refractivity contribution in [2.45, 2.75) is 19.1 Å². The molecule has 3 N–H and O–H groups in total. The van der Waals surface area contributed by atoms with Crippen molar-refractivity contribution in [3.63, 3.8) is 0 Å². The molecule has 8 nitrogen and oxygen atoms in total. The summed E-state index contributed by atoms with van der Waals surface area (Å²) in [7, 11) is 0. The number of aliphatic hydroxyl groups is 1. The summed E-state index contributed by atoms with van der Waals surface area (Å²) in [5, 5.41) is 14.6. The van der Waals surface area contributed by atoms with Crippen molar-refractivity contribution in [1.29, 1.82) is 0 Å². The maximum absolute atomic E-state index is 11.9. The molecule has 2 atom stereocenters. The number of pyridine rings is 1. The monoisotopic (exact) mass is 510 g/mol. The van der Waals surface area contributed by atoms with Crippen LogP contribution in [-0.2, 0) is 4.79 Å². The van der Waals surface area contributed by atoms with Crippen LogP contribution in [0.1, 0.15) is 29.7 Å². The van der Waals surface area contributed by atoms with Crippen molar-refractivity contribution in [3.8, 4) is 0 Å². The van der Waals surface area contributed by atoms with Crippen LogP contribution < -0.4 is 15.6 Å². The van der Waals surface area contributed by atoms with E-state index in [1.807, 2.05) is 49.8 Å². The molecular weight excluding hydrogens is 476 g/mol. The number of hydrogen-bond acceptors (Lipinski definition) is 7. The molecule has 1 saturated heterocycles. The molecule has 1 amide bonds. The Labute approximate surface area is 223 Å². The summed E-state index contributed by atoms with van der Waals surface area (Å²) >= 11 is 0. The lowest BCUT2D eigenvalue weighted by Gasteiger charge is -2.37. The lowest BCUT2D eigenvalue weighted by Crippen LogP contribution is -2.48. The van der Waals surface area contributed by atoms with E-state index in [-0.39, 0.29) is 18.1 Å². The van der Waals surface area contributed by atoms with Gasteiger partial charge < -0.3 is 15.3 Å². The van der Waals surface area contributed by atoms with Crippen molar-refractivity contribution >= 4 is 29.0 Å². The number of hydrogen-bond donors (Lipinski definition) is 3. The van der Waals surface area contributed by atoms with Gasteiger partial charge in [-0.2, -0.15) is 0 Å². The molecule has 0 bridgehead atoms. The molecule has 0 aliphatic carbocycles. The number of aliphatic hydroxyl groups excluding tert-OH is 1. The second-order valence-electron chi connectivity index (χ2n) is 9.74. The Morgan fingerprint density at radius 1 is 1.13 bits per heavy atom. The summed E-state index contributed by atoms with van der Waals surface area (Å²) < 4.78 is 0. The molecule has 1 aromatic heterocycles. The minimum atomic E-state index is -0.295. The normalized spacial score (nSPS) is 18.0. The Morgan fingerprint density at radius 3 is 2.66 bits per heavy atom. The summed E-state index contributed by atoms with van der Waals surface area (Å²) in [6, 6.07) is 18.3. The lowest BCUT2D eigenvalue weighted by molar-refractivity contribution is -0.111. The van der Waals surface area contributed by atoms with E-state index in [9.17, 15) is 9.90 Å². The van der Waals surface area contributed by atoms with Gasteiger partial charge in [0.2, 0.25) is 5.91 Å². The van der Waals surface area contributed by atoms with Crippen LogP contribution in [0.4, 0.5) is 17.1 Å². The predicted octanol–water partition coefficient (Wildman–Crippen LogP) is 4.11. The van der Waals surface area contributed by atoms with Crippen LogP contribution in [0, 0.1) is 0 Å². The minimum Gasteiger partial charge on any atom is -0.392 e. The summed E-state index contributed by atoms with van der Waals surface area (Å²) in [6.45, 7) is 9.90. The van der Waals surface area contributed by atoms with Gasteiger partial charge in [-0.25, -0.2) is 0 Å². The first-order valence-electron chi connectivity index (χ1n) is 13.0. The van der Waals surface area contributed by atoms with Crippen molar-refractivity contribution in [2.24, 2.45) is 0 Å². The molecule has 38 heavy (non-hydrogen) atoms. The molecule has 196 valence electrons. The molecule has 0 saturated carbocycles. The van der Waals surface area contributed by atoms with Gasteiger partial charge >= 0.3 is 0 Å². The fourth-order valence-corrected chi connectivity index (χ4v) is 5.08. The van der Waals surface area contributed by atoms with Crippen molar-refractivity contribution in [2.75, 3.05) is 48.4 Å². The van der Waals surface area contributed by atoms with Gasteiger partial charge in [-0.3, -0.25) is 25.1 Å². The van der Waals surface area contributed by atoms with Gasteiger partial charge in [0.25, 0.3) is 0 Å². The van der Waals surface area contributed by atoms with Crippen molar-refractivity contribution in [3.05, 3.63) is 103 Å². The van der Waals surface area contributed by atoms with Crippen LogP contribution >= 0.6 is 0 Å². The Balaban J connectivity index is 1.33. The van der Waals surface area contributed by atoms with E-state index < -0.39 is 0 Å². The molecule has 3 heterocycles. The number of benzene rings is 2. The van der Waals surface area contributed by atoms with Gasteiger partial charge in [-0.05, 0) is 78.2 Å². The Bertz CT molecular complexity index is 1300. The number of piperazine rings is 1. The number of anilines is 3. The summed E-state index contributed by atoms with van der Waals surface area (Å²) in [5.41, 5.74) is 9.66. The summed E-state index contributed by atoms with van der Waals surface area (Å²) in [4.78, 5) is 20.9. The van der Waals surface area contributed by atoms with Crippen LogP contribution in [0.25, 0.3) is 6.08 Å². The molecule has 2 unspecified atom stereocenters. The highest BCUT2D eigenvalue weighted by Gasteiger charge is 2.26. The molecule has 2 aliphatic rings. The lowest BCUT2D eigenvalue weighted by atomic mass is 9.93. The third kappa shape index (κ3) is 5.88. The fourth-order valence-electron chi connectivity index (χ4n) is 5.08. The molecule has 0 radical (unpaired) electrons. The van der Waals surface area contributed by atoms with E-state index in [0.717, 1.165) is 60.8 Å². The minimum absolute atomic E-state index is 0.125. The number of nitrogens with one attached hydrogen (secondary N) is 2. The molecule has 8 heteroatoms. The topological polar surface area (TPSA) is 84.0 Å². The average Bonchev–Trinajstić information content (AvgIpc) is 2.93. The maximum Gasteiger partial charge on any atom is 0.247 e. The first kappa shape index (κ1) is 25.5. The summed E-state index contributed by atoms with van der Waals surface area (Å²) in [6.07, 6.45) is 8.73. The highest BCUT2D eigenvalue weighted by Crippen LogP contribution is 2.36. The molecule has 1 fully saturated rings. The standard InChI is InChI=1S/C30H34N6O2/c1-3-29(38)32-26-6-4-5-23(19-26)30-28-11-13-31-20-24(28)12-14-36(30)33-25-7-9-27(10-8-25)35-17-15-34(16-18-35)21-22(2)37/h3-14,19-20,22,30,33,37H,1,15-18,21H2,2H3,(H,32,38). The van der Waals surface area contributed by atoms with Crippen LogP contribution in [0.3, 0.4) is 0 Å². The van der Waals surface area contributed by atoms with E-state index in [0.29, 0.717) is 0 Å². The quantitative estimate of drug-likeness (QED) is 0.393. The van der Waals surface area contributed by atoms with Gasteiger partial charge in [0.05, 0.1) is 11.8 Å². The molecule has 2 aromatic carbocycles. The number of β-amino-alcohol motifs (C(OH)–C–C–N with tert-alkyl or cyclic N) is 1. The second kappa shape index (κ2) is 11.5. The van der Waals surface area contributed by atoms with Crippen molar-refractivity contribution < 1.29 is 9.90 Å². The molecular formula is C30H34N6O2. The van der Waals surface area contributed by atoms with Gasteiger partial charge in [-0.15, -0.1) is 0 Å². The Hall–Kier alpha value is -4.14. The zero-order valence-electron chi connectivity index (χ0n) is 21.6. The predicted molar refractivity (Wildman–Crippen MR) is 153 cm³/mol. The average molecular weight is 511 g/mol. The number of carbonyl (C=O) groups excluding carboxylic acids is 1. The highest BCUT2D eigenvalue weighted by atomic mass is 16.3. The molecule has 2 aliphatic heterocycles. The highest BCUT2D eigenvalue weighted by molar-refractivity contribution is 5.98. The first-order chi connectivity index (χ1) is 18.5. The van der Waals surface area contributed by atoms with Crippen molar-refractivity contribution in [1.82, 2.24) is 14.9 Å². The number of amides is 1. The van der Waals surface area contributed by atoms with E-state index in [2.05, 4.69) is 73.5 Å². The maximum atomic E-state index is 11.9.